The summed E-state index contributed by atoms with van der Waals surface area (Å²) in [7, 11) is 0. The van der Waals surface area contributed by atoms with E-state index in [1.54, 1.807) is 12.1 Å². The maximum Gasteiger partial charge on any atom is 0.239 e. The van der Waals surface area contributed by atoms with E-state index in [1.165, 1.54) is 43.2 Å². The number of benzene rings is 1. The first-order valence-electron chi connectivity index (χ1n) is 8.28. The molecule has 0 heterocycles. The van der Waals surface area contributed by atoms with E-state index in [4.69, 9.17) is 12.2 Å². The fraction of sp³-hybridized carbons (Fsp3) is 0.529. The minimum atomic E-state index is -0.255. The van der Waals surface area contributed by atoms with Crippen LogP contribution in [-0.2, 0) is 4.79 Å². The van der Waals surface area contributed by atoms with Gasteiger partial charge in [-0.15, -0.1) is 11.8 Å². The summed E-state index contributed by atoms with van der Waals surface area (Å²) in [6.07, 6.45) is 5.19. The maximum atomic E-state index is 12.8. The van der Waals surface area contributed by atoms with Gasteiger partial charge in [0.05, 0.1) is 0 Å². The predicted octanol–water partition coefficient (Wildman–Crippen LogP) is 3.38. The van der Waals surface area contributed by atoms with Crippen molar-refractivity contribution in [3.8, 4) is 0 Å². The summed E-state index contributed by atoms with van der Waals surface area (Å²) in [6, 6.07) is 6.63. The summed E-state index contributed by atoms with van der Waals surface area (Å²) < 4.78 is 12.8. The van der Waals surface area contributed by atoms with E-state index in [-0.39, 0.29) is 11.7 Å². The first kappa shape index (κ1) is 19.0. The smallest absolute Gasteiger partial charge is 0.239 e. The number of carbonyl (C=O) groups excluding carboxylic acids is 1. The number of halogens is 1. The highest BCUT2D eigenvalue weighted by atomic mass is 32.2. The fourth-order valence-corrected chi connectivity index (χ4v) is 3.77. The van der Waals surface area contributed by atoms with Gasteiger partial charge in [0, 0.05) is 23.1 Å². The van der Waals surface area contributed by atoms with Crippen LogP contribution in [0.1, 0.15) is 39.0 Å². The molecule has 2 atom stereocenters. The molecule has 0 aliphatic heterocycles. The highest BCUT2D eigenvalue weighted by molar-refractivity contribution is 7.99. The van der Waals surface area contributed by atoms with Gasteiger partial charge >= 0.3 is 0 Å². The van der Waals surface area contributed by atoms with Gasteiger partial charge in [-0.25, -0.2) is 4.39 Å². The molecule has 1 fully saturated rings. The molecule has 1 aliphatic carbocycles. The van der Waals surface area contributed by atoms with Gasteiger partial charge in [-0.2, -0.15) is 0 Å². The van der Waals surface area contributed by atoms with Gasteiger partial charge in [0.2, 0.25) is 5.91 Å². The molecule has 0 aromatic heterocycles. The van der Waals surface area contributed by atoms with Crippen LogP contribution in [0.5, 0.6) is 0 Å². The molecule has 132 valence electrons. The van der Waals surface area contributed by atoms with Crippen molar-refractivity contribution in [2.75, 3.05) is 5.75 Å². The third-order valence-corrected chi connectivity index (χ3v) is 5.39. The Labute approximate surface area is 152 Å². The number of hydrogen-bond acceptors (Lipinski definition) is 3. The molecule has 3 N–H and O–H groups in total. The van der Waals surface area contributed by atoms with Gasteiger partial charge < -0.3 is 5.32 Å². The second-order valence-corrected chi connectivity index (χ2v) is 7.64. The van der Waals surface area contributed by atoms with Gasteiger partial charge in [-0.05, 0) is 55.2 Å². The molecule has 0 saturated heterocycles. The molecule has 0 spiro atoms. The van der Waals surface area contributed by atoms with Crippen molar-refractivity contribution in [1.29, 1.82) is 0 Å². The van der Waals surface area contributed by atoms with Crippen LogP contribution in [0.4, 0.5) is 4.39 Å². The highest BCUT2D eigenvalue weighted by Crippen LogP contribution is 2.23. The van der Waals surface area contributed by atoms with E-state index in [9.17, 15) is 9.18 Å². The molecule has 0 bridgehead atoms. The van der Waals surface area contributed by atoms with Gasteiger partial charge in [-0.3, -0.25) is 15.6 Å². The Bertz CT molecular complexity index is 553. The zero-order valence-corrected chi connectivity index (χ0v) is 15.4. The molecule has 1 aliphatic rings. The standard InChI is InChI=1S/C17H24FN3OS2/c1-12-4-2-3-5-15(12)19-17(23)21-20-16(22)10-11-24-14-8-6-13(18)7-9-14/h6-9,12,15H,2-5,10-11H2,1H3,(H,20,22)(H2,19,21,23)/t12-,15+/m0/s1. The monoisotopic (exact) mass is 369 g/mol. The number of thiocarbonyl (C=S) groups is 1. The molecular weight excluding hydrogens is 345 g/mol. The van der Waals surface area contributed by atoms with Gasteiger partial charge in [0.15, 0.2) is 5.11 Å². The van der Waals surface area contributed by atoms with Crippen molar-refractivity contribution in [2.45, 2.75) is 50.0 Å². The summed E-state index contributed by atoms with van der Waals surface area (Å²) >= 11 is 6.75. The molecule has 0 radical (unpaired) electrons. The van der Waals surface area contributed by atoms with Crippen LogP contribution in [-0.4, -0.2) is 22.8 Å². The number of nitrogens with one attached hydrogen (secondary N) is 3. The molecule has 7 heteroatoms. The van der Waals surface area contributed by atoms with Gasteiger partial charge in [0.25, 0.3) is 0 Å². The number of hydrazine groups is 1. The normalized spacial score (nSPS) is 20.2. The lowest BCUT2D eigenvalue weighted by Crippen LogP contribution is -2.51. The highest BCUT2D eigenvalue weighted by Gasteiger charge is 2.21. The molecule has 2 rings (SSSR count). The number of carbonyl (C=O) groups is 1. The van der Waals surface area contributed by atoms with Crippen LogP contribution in [0.3, 0.4) is 0 Å². The average molecular weight is 370 g/mol. The van der Waals surface area contributed by atoms with Crippen LogP contribution in [0, 0.1) is 11.7 Å². The average Bonchev–Trinajstić information content (AvgIpc) is 2.57. The quantitative estimate of drug-likeness (QED) is 0.422. The Kier molecular flexibility index (Phi) is 7.78. The van der Waals surface area contributed by atoms with Crippen molar-refractivity contribution in [3.63, 3.8) is 0 Å². The number of hydrogen-bond donors (Lipinski definition) is 3. The van der Waals surface area contributed by atoms with E-state index < -0.39 is 0 Å². The minimum Gasteiger partial charge on any atom is -0.358 e. The van der Waals surface area contributed by atoms with Crippen LogP contribution in [0.15, 0.2) is 29.2 Å². The van der Waals surface area contributed by atoms with E-state index in [1.807, 2.05) is 0 Å². The predicted molar refractivity (Wildman–Crippen MR) is 100 cm³/mol. The van der Waals surface area contributed by atoms with Crippen molar-refractivity contribution in [1.82, 2.24) is 16.2 Å². The van der Waals surface area contributed by atoms with Crippen molar-refractivity contribution < 1.29 is 9.18 Å². The van der Waals surface area contributed by atoms with Crippen LogP contribution in [0.25, 0.3) is 0 Å². The Hall–Kier alpha value is -1.34. The third kappa shape index (κ3) is 6.65. The second-order valence-electron chi connectivity index (χ2n) is 6.07. The third-order valence-electron chi connectivity index (χ3n) is 4.15. The second kappa shape index (κ2) is 9.84. The fourth-order valence-electron chi connectivity index (χ4n) is 2.72. The summed E-state index contributed by atoms with van der Waals surface area (Å²) in [5.74, 6) is 0.847. The van der Waals surface area contributed by atoms with Crippen molar-refractivity contribution in [2.24, 2.45) is 5.92 Å². The topological polar surface area (TPSA) is 53.2 Å². The van der Waals surface area contributed by atoms with Gasteiger partial charge in [0.1, 0.15) is 5.82 Å². The lowest BCUT2D eigenvalue weighted by atomic mass is 9.86. The number of amides is 1. The summed E-state index contributed by atoms with van der Waals surface area (Å²) in [6.45, 7) is 2.23. The summed E-state index contributed by atoms with van der Waals surface area (Å²) in [4.78, 5) is 12.8. The molecule has 1 aromatic carbocycles. The van der Waals surface area contributed by atoms with Crippen LogP contribution >= 0.6 is 24.0 Å². The van der Waals surface area contributed by atoms with Crippen LogP contribution in [0.2, 0.25) is 0 Å². The largest absolute Gasteiger partial charge is 0.358 e. The zero-order chi connectivity index (χ0) is 17.4. The number of thioether (sulfide) groups is 1. The molecule has 24 heavy (non-hydrogen) atoms. The maximum absolute atomic E-state index is 12.8. The molecule has 4 nitrogen and oxygen atoms in total. The molecular formula is C17H24FN3OS2. The summed E-state index contributed by atoms with van der Waals surface area (Å²) in [5, 5.41) is 3.74. The van der Waals surface area contributed by atoms with Gasteiger partial charge in [-0.1, -0.05) is 19.8 Å². The van der Waals surface area contributed by atoms with E-state index in [0.717, 1.165) is 11.3 Å². The van der Waals surface area contributed by atoms with Crippen LogP contribution < -0.4 is 16.2 Å². The SMILES string of the molecule is C[C@H]1CCCC[C@H]1NC(=S)NNC(=O)CCSc1ccc(F)cc1. The summed E-state index contributed by atoms with van der Waals surface area (Å²) in [5.41, 5.74) is 5.38. The Morgan fingerprint density at radius 3 is 2.67 bits per heavy atom. The zero-order valence-electron chi connectivity index (χ0n) is 13.8. The molecule has 1 amide bonds. The Balaban J connectivity index is 1.60. The Morgan fingerprint density at radius 2 is 1.96 bits per heavy atom. The molecule has 1 saturated carbocycles. The first-order valence-corrected chi connectivity index (χ1v) is 9.67. The first-order chi connectivity index (χ1) is 11.5. The molecule has 1 aromatic rings. The van der Waals surface area contributed by atoms with E-state index in [0.29, 0.717) is 29.2 Å². The van der Waals surface area contributed by atoms with E-state index >= 15 is 0 Å². The lowest BCUT2D eigenvalue weighted by Gasteiger charge is -2.30. The lowest BCUT2D eigenvalue weighted by molar-refractivity contribution is -0.121. The minimum absolute atomic E-state index is 0.120. The molecule has 0 unspecified atom stereocenters. The Morgan fingerprint density at radius 1 is 1.25 bits per heavy atom. The van der Waals surface area contributed by atoms with Crippen molar-refractivity contribution >= 4 is 35.0 Å². The van der Waals surface area contributed by atoms with Crippen molar-refractivity contribution in [3.05, 3.63) is 30.1 Å². The number of rotatable bonds is 5. The van der Waals surface area contributed by atoms with E-state index in [2.05, 4.69) is 23.1 Å².